The largest absolute Gasteiger partial charge is 0.444 e. The van der Waals surface area contributed by atoms with Crippen LogP contribution in [-0.4, -0.2) is 20.9 Å². The minimum absolute atomic E-state index is 0.0501. The Morgan fingerprint density at radius 3 is 2.77 bits per heavy atom. The number of oxazole rings is 1. The number of nitrogens with one attached hydrogen (secondary N) is 1. The summed E-state index contributed by atoms with van der Waals surface area (Å²) in [6.45, 7) is 6.27. The fourth-order valence-electron chi connectivity index (χ4n) is 2.07. The van der Waals surface area contributed by atoms with E-state index in [1.54, 1.807) is 30.4 Å². The normalized spacial score (nSPS) is 11.5. The Hall–Kier alpha value is -2.19. The number of hydrogen-bond acceptors (Lipinski definition) is 7. The number of hydrogen-bond donors (Lipinski definition) is 1. The van der Waals surface area contributed by atoms with Crippen LogP contribution < -0.4 is 5.32 Å². The van der Waals surface area contributed by atoms with Gasteiger partial charge in [0.05, 0.1) is 28.8 Å². The number of thioether (sulfide) groups is 1. The Bertz CT molecular complexity index is 869. The molecule has 8 heteroatoms. The van der Waals surface area contributed by atoms with Gasteiger partial charge in [-0.05, 0) is 12.1 Å². The molecule has 0 bridgehead atoms. The van der Waals surface area contributed by atoms with Gasteiger partial charge in [0.15, 0.2) is 5.13 Å². The van der Waals surface area contributed by atoms with Crippen LogP contribution in [0.25, 0.3) is 0 Å². The molecule has 0 radical (unpaired) electrons. The standard InChI is InChI=1S/C18H20N4O2S2/c1-18(2,3)13-9-20-15(24-13)11-25-16-10-21-17(26-16)22-14(23)8-12-6-4-5-7-19-12/h4-7,9-10H,8,11H2,1-3H3,(H,21,22,23). The lowest BCUT2D eigenvalue weighted by Gasteiger charge is -2.12. The van der Waals surface area contributed by atoms with Crippen molar-refractivity contribution in [3.8, 4) is 0 Å². The molecular weight excluding hydrogens is 368 g/mol. The maximum absolute atomic E-state index is 12.1. The van der Waals surface area contributed by atoms with Crippen molar-refractivity contribution in [2.45, 2.75) is 42.6 Å². The maximum Gasteiger partial charge on any atom is 0.232 e. The van der Waals surface area contributed by atoms with Crippen molar-refractivity contribution < 1.29 is 9.21 Å². The van der Waals surface area contributed by atoms with Crippen LogP contribution in [0.2, 0.25) is 0 Å². The predicted molar refractivity (Wildman–Crippen MR) is 103 cm³/mol. The van der Waals surface area contributed by atoms with Gasteiger partial charge < -0.3 is 9.73 Å². The lowest BCUT2D eigenvalue weighted by molar-refractivity contribution is -0.115. The van der Waals surface area contributed by atoms with Gasteiger partial charge in [-0.2, -0.15) is 0 Å². The highest BCUT2D eigenvalue weighted by molar-refractivity contribution is 8.00. The van der Waals surface area contributed by atoms with Gasteiger partial charge in [-0.3, -0.25) is 9.78 Å². The van der Waals surface area contributed by atoms with Crippen LogP contribution in [0.4, 0.5) is 5.13 Å². The molecule has 0 saturated heterocycles. The summed E-state index contributed by atoms with van der Waals surface area (Å²) >= 11 is 3.02. The lowest BCUT2D eigenvalue weighted by atomic mass is 9.94. The predicted octanol–water partition coefficient (Wildman–Crippen LogP) is 4.30. The summed E-state index contributed by atoms with van der Waals surface area (Å²) in [5.41, 5.74) is 0.681. The quantitative estimate of drug-likeness (QED) is 0.634. The highest BCUT2D eigenvalue weighted by atomic mass is 32.2. The van der Waals surface area contributed by atoms with Crippen molar-refractivity contribution in [2.75, 3.05) is 5.32 Å². The van der Waals surface area contributed by atoms with E-state index >= 15 is 0 Å². The summed E-state index contributed by atoms with van der Waals surface area (Å²) in [7, 11) is 0. The zero-order valence-electron chi connectivity index (χ0n) is 14.9. The fraction of sp³-hybridized carbons (Fsp3) is 0.333. The third-order valence-corrected chi connectivity index (χ3v) is 5.52. The third kappa shape index (κ3) is 5.15. The first-order valence-electron chi connectivity index (χ1n) is 8.14. The number of anilines is 1. The van der Waals surface area contributed by atoms with Crippen LogP contribution in [0.15, 0.2) is 45.4 Å². The number of carbonyl (C=O) groups excluding carboxylic acids is 1. The molecule has 0 aromatic carbocycles. The van der Waals surface area contributed by atoms with E-state index in [2.05, 4.69) is 41.0 Å². The number of aromatic nitrogens is 3. The van der Waals surface area contributed by atoms with E-state index in [1.165, 1.54) is 11.3 Å². The Balaban J connectivity index is 1.51. The van der Waals surface area contributed by atoms with E-state index in [9.17, 15) is 4.79 Å². The topological polar surface area (TPSA) is 80.9 Å². The number of pyridine rings is 1. The fourth-order valence-corrected chi connectivity index (χ4v) is 3.81. The van der Waals surface area contributed by atoms with Crippen molar-refractivity contribution in [1.29, 1.82) is 0 Å². The van der Waals surface area contributed by atoms with Crippen molar-refractivity contribution in [2.24, 2.45) is 0 Å². The van der Waals surface area contributed by atoms with Crippen LogP contribution >= 0.6 is 23.1 Å². The van der Waals surface area contributed by atoms with Crippen LogP contribution in [0.5, 0.6) is 0 Å². The van der Waals surface area contributed by atoms with Gasteiger partial charge >= 0.3 is 0 Å². The SMILES string of the molecule is CC(C)(C)c1cnc(CSc2cnc(NC(=O)Cc3ccccn3)s2)o1. The summed E-state index contributed by atoms with van der Waals surface area (Å²) in [5.74, 6) is 2.06. The monoisotopic (exact) mass is 388 g/mol. The summed E-state index contributed by atoms with van der Waals surface area (Å²) in [6, 6.07) is 5.51. The van der Waals surface area contributed by atoms with Gasteiger partial charge in [-0.15, -0.1) is 11.8 Å². The first kappa shape index (κ1) is 18.6. The van der Waals surface area contributed by atoms with E-state index in [1.807, 2.05) is 18.2 Å². The molecule has 0 atom stereocenters. The maximum atomic E-state index is 12.1. The molecule has 0 fully saturated rings. The first-order valence-corrected chi connectivity index (χ1v) is 9.94. The van der Waals surface area contributed by atoms with E-state index < -0.39 is 0 Å². The molecule has 0 unspecified atom stereocenters. The van der Waals surface area contributed by atoms with Crippen molar-refractivity contribution >= 4 is 34.1 Å². The second-order valence-corrected chi connectivity index (χ2v) is 8.99. The Morgan fingerprint density at radius 1 is 1.23 bits per heavy atom. The van der Waals surface area contributed by atoms with E-state index in [4.69, 9.17) is 4.42 Å². The van der Waals surface area contributed by atoms with E-state index in [0.717, 1.165) is 15.7 Å². The number of nitrogens with zero attached hydrogens (tertiary/aromatic N) is 3. The molecule has 6 nitrogen and oxygen atoms in total. The summed E-state index contributed by atoms with van der Waals surface area (Å²) < 4.78 is 6.78. The second-order valence-electron chi connectivity index (χ2n) is 6.69. The van der Waals surface area contributed by atoms with Gasteiger partial charge in [0.1, 0.15) is 5.76 Å². The van der Waals surface area contributed by atoms with E-state index in [0.29, 0.717) is 16.8 Å². The number of rotatable bonds is 6. The van der Waals surface area contributed by atoms with Crippen LogP contribution in [0.1, 0.15) is 38.1 Å². The average Bonchev–Trinajstić information content (AvgIpc) is 3.22. The molecule has 26 heavy (non-hydrogen) atoms. The number of thiazole rings is 1. The van der Waals surface area contributed by atoms with Crippen LogP contribution in [0, 0.1) is 0 Å². The van der Waals surface area contributed by atoms with Crippen molar-refractivity contribution in [3.63, 3.8) is 0 Å². The Kier molecular flexibility index (Phi) is 5.73. The number of amides is 1. The highest BCUT2D eigenvalue weighted by Crippen LogP contribution is 2.31. The zero-order valence-corrected chi connectivity index (χ0v) is 16.5. The van der Waals surface area contributed by atoms with Gasteiger partial charge in [-0.25, -0.2) is 9.97 Å². The highest BCUT2D eigenvalue weighted by Gasteiger charge is 2.19. The van der Waals surface area contributed by atoms with Gasteiger partial charge in [0.25, 0.3) is 0 Å². The molecular formula is C18H20N4O2S2. The summed E-state index contributed by atoms with van der Waals surface area (Å²) in [6.07, 6.45) is 5.44. The van der Waals surface area contributed by atoms with Gasteiger partial charge in [0, 0.05) is 17.3 Å². The minimum atomic E-state index is -0.128. The summed E-state index contributed by atoms with van der Waals surface area (Å²) in [4.78, 5) is 24.8. The number of carbonyl (C=O) groups is 1. The summed E-state index contributed by atoms with van der Waals surface area (Å²) in [5, 5.41) is 3.39. The van der Waals surface area contributed by atoms with E-state index in [-0.39, 0.29) is 17.7 Å². The molecule has 0 spiro atoms. The molecule has 0 aliphatic carbocycles. The molecule has 3 aromatic heterocycles. The Morgan fingerprint density at radius 2 is 2.08 bits per heavy atom. The molecule has 1 N–H and O–H groups in total. The molecule has 0 saturated carbocycles. The molecule has 3 aromatic rings. The average molecular weight is 389 g/mol. The molecule has 0 aliphatic rings. The van der Waals surface area contributed by atoms with Gasteiger partial charge in [-0.1, -0.05) is 38.2 Å². The first-order chi connectivity index (χ1) is 12.4. The second kappa shape index (κ2) is 8.01. The molecule has 3 rings (SSSR count). The molecule has 3 heterocycles. The molecule has 1 amide bonds. The van der Waals surface area contributed by atoms with Crippen LogP contribution in [-0.2, 0) is 22.4 Å². The third-order valence-electron chi connectivity index (χ3n) is 3.43. The van der Waals surface area contributed by atoms with Crippen LogP contribution in [0.3, 0.4) is 0 Å². The molecule has 136 valence electrons. The van der Waals surface area contributed by atoms with Gasteiger partial charge in [0.2, 0.25) is 11.8 Å². The van der Waals surface area contributed by atoms with Crippen molar-refractivity contribution in [1.82, 2.24) is 15.0 Å². The Labute approximate surface area is 160 Å². The lowest BCUT2D eigenvalue weighted by Crippen LogP contribution is -2.14. The minimum Gasteiger partial charge on any atom is -0.444 e. The zero-order chi connectivity index (χ0) is 18.6. The van der Waals surface area contributed by atoms with Crippen molar-refractivity contribution in [3.05, 3.63) is 54.1 Å². The smallest absolute Gasteiger partial charge is 0.232 e. The molecule has 0 aliphatic heterocycles.